The van der Waals surface area contributed by atoms with Crippen LogP contribution in [0.25, 0.3) is 0 Å². The summed E-state index contributed by atoms with van der Waals surface area (Å²) >= 11 is 0. The fourth-order valence-corrected chi connectivity index (χ4v) is 3.66. The smallest absolute Gasteiger partial charge is 0.309 e. The van der Waals surface area contributed by atoms with Crippen molar-refractivity contribution in [2.45, 2.75) is 38.5 Å². The molecule has 0 radical (unpaired) electrons. The van der Waals surface area contributed by atoms with E-state index in [4.69, 9.17) is 0 Å². The van der Waals surface area contributed by atoms with Crippen molar-refractivity contribution in [3.05, 3.63) is 35.9 Å². The quantitative estimate of drug-likeness (QED) is 0.860. The van der Waals surface area contributed by atoms with E-state index in [1.165, 1.54) is 12.0 Å². The minimum Gasteiger partial charge on any atom is -0.481 e. The van der Waals surface area contributed by atoms with Gasteiger partial charge < -0.3 is 5.11 Å². The number of aryl methyl sites for hydroxylation is 1. The van der Waals surface area contributed by atoms with Crippen molar-refractivity contribution in [2.24, 2.45) is 17.3 Å². The van der Waals surface area contributed by atoms with Gasteiger partial charge in [0.2, 0.25) is 0 Å². The lowest BCUT2D eigenvalue weighted by molar-refractivity contribution is -0.149. The number of carboxylic acids is 1. The van der Waals surface area contributed by atoms with Crippen LogP contribution in [-0.2, 0) is 11.2 Å². The van der Waals surface area contributed by atoms with Crippen LogP contribution in [-0.4, -0.2) is 11.1 Å². The number of aliphatic carboxylic acids is 1. The molecule has 0 spiro atoms. The molecule has 2 aliphatic carbocycles. The Labute approximate surface area is 108 Å². The minimum absolute atomic E-state index is 0.387. The second kappa shape index (κ2) is 4.42. The monoisotopic (exact) mass is 244 g/mol. The highest BCUT2D eigenvalue weighted by molar-refractivity contribution is 5.75. The van der Waals surface area contributed by atoms with E-state index in [2.05, 4.69) is 12.1 Å². The molecule has 3 rings (SSSR count). The average Bonchev–Trinajstić information content (AvgIpc) is 2.98. The normalized spacial score (nSPS) is 33.1. The third-order valence-electron chi connectivity index (χ3n) is 4.79. The van der Waals surface area contributed by atoms with Gasteiger partial charge >= 0.3 is 5.97 Å². The maximum Gasteiger partial charge on any atom is 0.309 e. The summed E-state index contributed by atoms with van der Waals surface area (Å²) in [5.74, 6) is 0.915. The summed E-state index contributed by atoms with van der Waals surface area (Å²) in [6.07, 6.45) is 6.00. The maximum atomic E-state index is 11.5. The largest absolute Gasteiger partial charge is 0.481 e. The van der Waals surface area contributed by atoms with Gasteiger partial charge in [-0.25, -0.2) is 0 Å². The second-order valence-electron chi connectivity index (χ2n) is 6.09. The second-order valence-corrected chi connectivity index (χ2v) is 6.09. The van der Waals surface area contributed by atoms with Crippen LogP contribution in [0, 0.1) is 17.3 Å². The zero-order valence-corrected chi connectivity index (χ0v) is 10.6. The van der Waals surface area contributed by atoms with E-state index in [0.29, 0.717) is 0 Å². The van der Waals surface area contributed by atoms with Crippen molar-refractivity contribution in [2.75, 3.05) is 0 Å². The molecular weight excluding hydrogens is 224 g/mol. The minimum atomic E-state index is -0.553. The Bertz CT molecular complexity index is 428. The molecule has 2 atom stereocenters. The Morgan fingerprint density at radius 1 is 1.22 bits per heavy atom. The van der Waals surface area contributed by atoms with Crippen molar-refractivity contribution in [1.82, 2.24) is 0 Å². The van der Waals surface area contributed by atoms with Gasteiger partial charge in [-0.05, 0) is 55.9 Å². The number of carbonyl (C=O) groups is 1. The number of fused-ring (bicyclic) bond motifs is 1. The Hall–Kier alpha value is -1.31. The first-order valence-electron chi connectivity index (χ1n) is 6.97. The highest BCUT2D eigenvalue weighted by Crippen LogP contribution is 2.61. The molecule has 1 aromatic rings. The topological polar surface area (TPSA) is 37.3 Å². The molecule has 2 nitrogen and oxygen atoms in total. The van der Waals surface area contributed by atoms with Gasteiger partial charge in [-0.3, -0.25) is 4.79 Å². The van der Waals surface area contributed by atoms with Crippen molar-refractivity contribution < 1.29 is 9.90 Å². The van der Waals surface area contributed by atoms with Gasteiger partial charge in [-0.2, -0.15) is 0 Å². The van der Waals surface area contributed by atoms with Crippen LogP contribution >= 0.6 is 0 Å². The number of rotatable bonds is 5. The Morgan fingerprint density at radius 2 is 1.89 bits per heavy atom. The van der Waals surface area contributed by atoms with Crippen LogP contribution in [0.3, 0.4) is 0 Å². The lowest BCUT2D eigenvalue weighted by atomic mass is 9.78. The van der Waals surface area contributed by atoms with E-state index >= 15 is 0 Å². The molecule has 18 heavy (non-hydrogen) atoms. The fourth-order valence-electron chi connectivity index (χ4n) is 3.66. The zero-order chi connectivity index (χ0) is 12.6. The molecule has 2 heteroatoms. The lowest BCUT2D eigenvalue weighted by Crippen LogP contribution is -2.29. The van der Waals surface area contributed by atoms with E-state index in [9.17, 15) is 9.90 Å². The van der Waals surface area contributed by atoms with Crippen molar-refractivity contribution in [3.63, 3.8) is 0 Å². The molecule has 1 N–H and O–H groups in total. The van der Waals surface area contributed by atoms with Crippen LogP contribution in [0.4, 0.5) is 0 Å². The van der Waals surface area contributed by atoms with Crippen LogP contribution < -0.4 is 0 Å². The summed E-state index contributed by atoms with van der Waals surface area (Å²) in [6, 6.07) is 10.4. The van der Waals surface area contributed by atoms with Gasteiger partial charge in [-0.15, -0.1) is 0 Å². The van der Waals surface area contributed by atoms with Gasteiger partial charge in [0.05, 0.1) is 5.41 Å². The zero-order valence-electron chi connectivity index (χ0n) is 10.6. The highest BCUT2D eigenvalue weighted by Gasteiger charge is 2.56. The summed E-state index contributed by atoms with van der Waals surface area (Å²) in [4.78, 5) is 11.5. The third kappa shape index (κ3) is 2.16. The predicted molar refractivity (Wildman–Crippen MR) is 70.3 cm³/mol. The van der Waals surface area contributed by atoms with Crippen molar-refractivity contribution >= 4 is 5.97 Å². The molecule has 0 aromatic heterocycles. The molecule has 0 amide bonds. The van der Waals surface area contributed by atoms with Gasteiger partial charge in [0.15, 0.2) is 0 Å². The van der Waals surface area contributed by atoms with E-state index in [-0.39, 0.29) is 5.41 Å². The summed E-state index contributed by atoms with van der Waals surface area (Å²) in [5, 5.41) is 9.50. The Kier molecular flexibility index (Phi) is 2.89. The Morgan fingerprint density at radius 3 is 2.50 bits per heavy atom. The first kappa shape index (κ1) is 11.8. The van der Waals surface area contributed by atoms with E-state index in [1.807, 2.05) is 18.2 Å². The summed E-state index contributed by atoms with van der Waals surface area (Å²) < 4.78 is 0. The molecule has 2 unspecified atom stereocenters. The molecule has 0 heterocycles. The fraction of sp³-hybridized carbons (Fsp3) is 0.562. The molecule has 2 fully saturated rings. The molecule has 0 saturated heterocycles. The SMILES string of the molecule is O=C(O)C1(CCCc2ccccc2)CC2CC2C1. The Balaban J connectivity index is 1.56. The van der Waals surface area contributed by atoms with Gasteiger partial charge in [0.1, 0.15) is 0 Å². The third-order valence-corrected chi connectivity index (χ3v) is 4.79. The van der Waals surface area contributed by atoms with E-state index in [0.717, 1.165) is 43.9 Å². The standard InChI is InChI=1S/C16H20O2/c17-15(18)16(10-13-9-14(13)11-16)8-4-7-12-5-2-1-3-6-12/h1-3,5-6,13-14H,4,7-11H2,(H,17,18). The number of carboxylic acid groups (broad SMARTS) is 1. The maximum absolute atomic E-state index is 11.5. The van der Waals surface area contributed by atoms with Crippen molar-refractivity contribution in [1.29, 1.82) is 0 Å². The average molecular weight is 244 g/mol. The summed E-state index contributed by atoms with van der Waals surface area (Å²) in [6.45, 7) is 0. The molecule has 1 aromatic carbocycles. The number of benzene rings is 1. The van der Waals surface area contributed by atoms with Crippen LogP contribution in [0.2, 0.25) is 0 Å². The van der Waals surface area contributed by atoms with E-state index < -0.39 is 5.97 Å². The molecule has 2 saturated carbocycles. The van der Waals surface area contributed by atoms with E-state index in [1.54, 1.807) is 0 Å². The van der Waals surface area contributed by atoms with Gasteiger partial charge in [0.25, 0.3) is 0 Å². The first-order valence-corrected chi connectivity index (χ1v) is 6.97. The van der Waals surface area contributed by atoms with Crippen LogP contribution in [0.15, 0.2) is 30.3 Å². The van der Waals surface area contributed by atoms with Gasteiger partial charge in [0, 0.05) is 0 Å². The lowest BCUT2D eigenvalue weighted by Gasteiger charge is -2.25. The first-order chi connectivity index (χ1) is 8.70. The molecular formula is C16H20O2. The molecule has 2 aliphatic rings. The summed E-state index contributed by atoms with van der Waals surface area (Å²) in [7, 11) is 0. The molecule has 0 aliphatic heterocycles. The van der Waals surface area contributed by atoms with Crippen molar-refractivity contribution in [3.8, 4) is 0 Å². The summed E-state index contributed by atoms with van der Waals surface area (Å²) in [5.41, 5.74) is 0.934. The molecule has 0 bridgehead atoms. The number of hydrogen-bond acceptors (Lipinski definition) is 1. The van der Waals surface area contributed by atoms with Gasteiger partial charge in [-0.1, -0.05) is 30.3 Å². The predicted octanol–water partition coefficient (Wildman–Crippen LogP) is 3.51. The highest BCUT2D eigenvalue weighted by atomic mass is 16.4. The van der Waals surface area contributed by atoms with Crippen LogP contribution in [0.5, 0.6) is 0 Å². The molecule has 96 valence electrons. The number of hydrogen-bond donors (Lipinski definition) is 1. The van der Waals surface area contributed by atoms with Crippen LogP contribution in [0.1, 0.15) is 37.7 Å².